The van der Waals surface area contributed by atoms with Gasteiger partial charge in [0, 0.05) is 23.3 Å². The zero-order chi connectivity index (χ0) is 14.8. The van der Waals surface area contributed by atoms with E-state index in [2.05, 4.69) is 49.6 Å². The third kappa shape index (κ3) is 3.25. The molecule has 3 rings (SSSR count). The second-order valence-corrected chi connectivity index (χ2v) is 8.68. The number of fused-ring (bicyclic) bond motifs is 1. The fraction of sp³-hybridized carbons (Fsp3) is 0.750. The topological polar surface area (TPSA) is 37.8 Å². The van der Waals surface area contributed by atoms with E-state index in [4.69, 9.17) is 9.97 Å². The minimum Gasteiger partial charge on any atom is -0.311 e. The van der Waals surface area contributed by atoms with Crippen molar-refractivity contribution in [3.05, 3.63) is 22.8 Å². The highest BCUT2D eigenvalue weighted by atomic mass is 32.2. The van der Waals surface area contributed by atoms with Crippen molar-refractivity contribution in [2.24, 2.45) is 0 Å². The molecule has 0 bridgehead atoms. The first-order valence-corrected chi connectivity index (χ1v) is 10.1. The van der Waals surface area contributed by atoms with Crippen molar-refractivity contribution >= 4 is 23.5 Å². The van der Waals surface area contributed by atoms with Crippen molar-refractivity contribution in [1.82, 2.24) is 15.3 Å². The van der Waals surface area contributed by atoms with Gasteiger partial charge < -0.3 is 5.32 Å². The molecule has 1 aromatic rings. The number of hydrogen-bond acceptors (Lipinski definition) is 5. The Labute approximate surface area is 136 Å². The normalized spacial score (nSPS) is 25.9. The van der Waals surface area contributed by atoms with Crippen molar-refractivity contribution in [3.8, 4) is 0 Å². The Balaban J connectivity index is 2.00. The molecular weight excluding hydrogens is 298 g/mol. The van der Waals surface area contributed by atoms with Gasteiger partial charge in [-0.3, -0.25) is 0 Å². The molecule has 1 saturated heterocycles. The molecule has 5 heteroatoms. The van der Waals surface area contributed by atoms with Crippen LogP contribution in [0.3, 0.4) is 0 Å². The summed E-state index contributed by atoms with van der Waals surface area (Å²) >= 11 is 4.16. The smallest absolute Gasteiger partial charge is 0.143 e. The van der Waals surface area contributed by atoms with Gasteiger partial charge >= 0.3 is 0 Å². The summed E-state index contributed by atoms with van der Waals surface area (Å²) in [6, 6.07) is 0. The molecule has 2 aliphatic heterocycles. The first-order valence-electron chi connectivity index (χ1n) is 8.04. The first-order chi connectivity index (χ1) is 10.2. The fourth-order valence-corrected chi connectivity index (χ4v) is 6.15. The molecule has 1 fully saturated rings. The van der Waals surface area contributed by atoms with E-state index in [-0.39, 0.29) is 0 Å². The van der Waals surface area contributed by atoms with Crippen molar-refractivity contribution < 1.29 is 0 Å². The first kappa shape index (κ1) is 15.6. The molecule has 1 aromatic heterocycles. The highest BCUT2D eigenvalue weighted by Gasteiger charge is 2.30. The molecule has 0 amide bonds. The monoisotopic (exact) mass is 323 g/mol. The van der Waals surface area contributed by atoms with E-state index in [0.717, 1.165) is 25.3 Å². The van der Waals surface area contributed by atoms with E-state index in [1.165, 1.54) is 34.9 Å². The van der Waals surface area contributed by atoms with E-state index in [9.17, 15) is 0 Å². The lowest BCUT2D eigenvalue weighted by atomic mass is 9.97. The zero-order valence-electron chi connectivity index (χ0n) is 13.2. The molecule has 0 aromatic carbocycles. The van der Waals surface area contributed by atoms with Crippen molar-refractivity contribution in [2.75, 3.05) is 18.1 Å². The van der Waals surface area contributed by atoms with Gasteiger partial charge in [-0.05, 0) is 30.9 Å². The van der Waals surface area contributed by atoms with Gasteiger partial charge in [-0.2, -0.15) is 11.8 Å². The van der Waals surface area contributed by atoms with Crippen molar-refractivity contribution in [3.63, 3.8) is 0 Å². The lowest BCUT2D eigenvalue weighted by Gasteiger charge is -2.30. The Morgan fingerprint density at radius 2 is 2.05 bits per heavy atom. The number of aromatic nitrogens is 2. The lowest BCUT2D eigenvalue weighted by molar-refractivity contribution is 0.595. The summed E-state index contributed by atoms with van der Waals surface area (Å²) < 4.78 is 0. The second-order valence-electron chi connectivity index (χ2n) is 6.08. The Kier molecular flexibility index (Phi) is 5.12. The maximum atomic E-state index is 5.03. The van der Waals surface area contributed by atoms with Crippen LogP contribution in [0.25, 0.3) is 0 Å². The van der Waals surface area contributed by atoms with Gasteiger partial charge in [0.15, 0.2) is 0 Å². The van der Waals surface area contributed by atoms with E-state index < -0.39 is 0 Å². The summed E-state index contributed by atoms with van der Waals surface area (Å²) in [5.74, 6) is 4.07. The number of rotatable bonds is 3. The molecule has 0 aliphatic carbocycles. The quantitative estimate of drug-likeness (QED) is 0.921. The number of hydrogen-bond donors (Lipinski definition) is 1. The standard InChI is InChI=1S/C16H25N3S2/c1-4-13-15(21-8-7-20-13)16-18-12-9-17-6-5-11(12)14(19-16)10(2)3/h10,13,15,17H,4-9H2,1-3H3. The molecule has 0 spiro atoms. The van der Waals surface area contributed by atoms with Crippen LogP contribution < -0.4 is 5.32 Å². The van der Waals surface area contributed by atoms with Gasteiger partial charge in [0.25, 0.3) is 0 Å². The van der Waals surface area contributed by atoms with Crippen LogP contribution in [0.1, 0.15) is 61.1 Å². The molecule has 0 radical (unpaired) electrons. The van der Waals surface area contributed by atoms with E-state index in [1.54, 1.807) is 0 Å². The maximum absolute atomic E-state index is 5.03. The molecule has 116 valence electrons. The maximum Gasteiger partial charge on any atom is 0.143 e. The Morgan fingerprint density at radius 1 is 1.24 bits per heavy atom. The Bertz CT molecular complexity index is 505. The zero-order valence-corrected chi connectivity index (χ0v) is 14.8. The average molecular weight is 324 g/mol. The van der Waals surface area contributed by atoms with E-state index in [0.29, 0.717) is 16.4 Å². The van der Waals surface area contributed by atoms with Gasteiger partial charge in [-0.1, -0.05) is 20.8 Å². The molecular formula is C16H25N3S2. The van der Waals surface area contributed by atoms with E-state index >= 15 is 0 Å². The number of nitrogens with one attached hydrogen (secondary N) is 1. The molecule has 2 unspecified atom stereocenters. The Morgan fingerprint density at radius 3 is 2.81 bits per heavy atom. The van der Waals surface area contributed by atoms with Crippen LogP contribution in [0.2, 0.25) is 0 Å². The van der Waals surface area contributed by atoms with Gasteiger partial charge in [0.05, 0.1) is 16.6 Å². The highest BCUT2D eigenvalue weighted by molar-refractivity contribution is 8.06. The fourth-order valence-electron chi connectivity index (χ4n) is 3.16. The number of nitrogens with zero attached hydrogens (tertiary/aromatic N) is 2. The average Bonchev–Trinajstić information content (AvgIpc) is 2.53. The largest absolute Gasteiger partial charge is 0.311 e. The van der Waals surface area contributed by atoms with Crippen molar-refractivity contribution in [1.29, 1.82) is 0 Å². The van der Waals surface area contributed by atoms with E-state index in [1.807, 2.05) is 0 Å². The van der Waals surface area contributed by atoms with Gasteiger partial charge in [-0.15, -0.1) is 11.8 Å². The summed E-state index contributed by atoms with van der Waals surface area (Å²) in [5.41, 5.74) is 3.96. The lowest BCUT2D eigenvalue weighted by Crippen LogP contribution is -2.29. The summed E-state index contributed by atoms with van der Waals surface area (Å²) in [5, 5.41) is 4.60. The molecule has 2 atom stereocenters. The third-order valence-electron chi connectivity index (χ3n) is 4.24. The summed E-state index contributed by atoms with van der Waals surface area (Å²) in [6.45, 7) is 8.77. The number of thioether (sulfide) groups is 2. The molecule has 2 aliphatic rings. The molecule has 21 heavy (non-hydrogen) atoms. The predicted molar refractivity (Wildman–Crippen MR) is 93.3 cm³/mol. The third-order valence-corrected chi connectivity index (χ3v) is 7.48. The van der Waals surface area contributed by atoms with Crippen LogP contribution in [0, 0.1) is 0 Å². The summed E-state index contributed by atoms with van der Waals surface area (Å²) in [6.07, 6.45) is 2.28. The molecule has 0 saturated carbocycles. The van der Waals surface area contributed by atoms with Gasteiger partial charge in [0.2, 0.25) is 0 Å². The van der Waals surface area contributed by atoms with Crippen LogP contribution in [0.5, 0.6) is 0 Å². The second kappa shape index (κ2) is 6.88. The minimum atomic E-state index is 0.471. The predicted octanol–water partition coefficient (Wildman–Crippen LogP) is 3.55. The molecule has 3 heterocycles. The van der Waals surface area contributed by atoms with Crippen LogP contribution in [0.15, 0.2) is 0 Å². The Hall–Kier alpha value is -0.260. The SMILES string of the molecule is CCC1SCCSC1c1nc2c(c(C(C)C)n1)CCNC2. The van der Waals surface area contributed by atoms with Crippen LogP contribution in [-0.2, 0) is 13.0 Å². The summed E-state index contributed by atoms with van der Waals surface area (Å²) in [7, 11) is 0. The van der Waals surface area contributed by atoms with Crippen LogP contribution in [0.4, 0.5) is 0 Å². The molecule has 3 nitrogen and oxygen atoms in total. The highest BCUT2D eigenvalue weighted by Crippen LogP contribution is 2.43. The molecule has 1 N–H and O–H groups in total. The van der Waals surface area contributed by atoms with Gasteiger partial charge in [-0.25, -0.2) is 9.97 Å². The minimum absolute atomic E-state index is 0.471. The van der Waals surface area contributed by atoms with Crippen LogP contribution >= 0.6 is 23.5 Å². The summed E-state index contributed by atoms with van der Waals surface area (Å²) in [4.78, 5) is 10.0. The van der Waals surface area contributed by atoms with Gasteiger partial charge in [0.1, 0.15) is 5.82 Å². The van der Waals surface area contributed by atoms with Crippen LogP contribution in [-0.4, -0.2) is 33.3 Å². The van der Waals surface area contributed by atoms with Crippen molar-refractivity contribution in [2.45, 2.75) is 56.6 Å².